The Morgan fingerprint density at radius 3 is 2.75 bits per heavy atom. The van der Waals surface area contributed by atoms with Gasteiger partial charge in [-0.05, 0) is 55.3 Å². The summed E-state index contributed by atoms with van der Waals surface area (Å²) in [5, 5.41) is 4.06. The van der Waals surface area contributed by atoms with Gasteiger partial charge < -0.3 is 10.1 Å². The predicted octanol–water partition coefficient (Wildman–Crippen LogP) is 3.82. The molecular formula is C16H23ClFNO. The molecule has 0 amide bonds. The molecule has 1 N–H and O–H groups in total. The zero-order valence-electron chi connectivity index (χ0n) is 12.1. The first-order chi connectivity index (χ1) is 9.65. The minimum atomic E-state index is -0.274. The third-order valence-electron chi connectivity index (χ3n) is 4.06. The van der Waals surface area contributed by atoms with E-state index in [1.54, 1.807) is 0 Å². The van der Waals surface area contributed by atoms with Crippen LogP contribution in [0.4, 0.5) is 4.39 Å². The second kappa shape index (κ2) is 7.39. The lowest BCUT2D eigenvalue weighted by Crippen LogP contribution is -2.41. The largest absolute Gasteiger partial charge is 0.381 e. The molecule has 0 saturated carbocycles. The van der Waals surface area contributed by atoms with E-state index in [-0.39, 0.29) is 11.2 Å². The Balaban J connectivity index is 2.10. The van der Waals surface area contributed by atoms with E-state index in [9.17, 15) is 4.39 Å². The molecule has 20 heavy (non-hydrogen) atoms. The van der Waals surface area contributed by atoms with Crippen LogP contribution in [0.1, 0.15) is 31.7 Å². The summed E-state index contributed by atoms with van der Waals surface area (Å²) in [5.74, 6) is -0.274. The third-order valence-corrected chi connectivity index (χ3v) is 4.41. The quantitative estimate of drug-likeness (QED) is 0.806. The summed E-state index contributed by atoms with van der Waals surface area (Å²) in [7, 11) is 0. The van der Waals surface area contributed by atoms with E-state index >= 15 is 0 Å². The number of rotatable bonds is 6. The zero-order chi connectivity index (χ0) is 14.4. The van der Waals surface area contributed by atoms with Gasteiger partial charge in [-0.15, -0.1) is 0 Å². The third kappa shape index (κ3) is 4.18. The molecule has 1 aliphatic heterocycles. The molecule has 0 bridgehead atoms. The molecule has 1 aromatic rings. The van der Waals surface area contributed by atoms with Crippen LogP contribution >= 0.6 is 11.6 Å². The topological polar surface area (TPSA) is 21.3 Å². The van der Waals surface area contributed by atoms with Crippen LogP contribution in [0.25, 0.3) is 0 Å². The van der Waals surface area contributed by atoms with Crippen LogP contribution in [0.15, 0.2) is 18.2 Å². The molecule has 1 saturated heterocycles. The van der Waals surface area contributed by atoms with Gasteiger partial charge in [-0.3, -0.25) is 0 Å². The van der Waals surface area contributed by atoms with Crippen molar-refractivity contribution in [2.24, 2.45) is 5.41 Å². The van der Waals surface area contributed by atoms with Crippen LogP contribution in [0.2, 0.25) is 5.02 Å². The maximum Gasteiger partial charge on any atom is 0.124 e. The summed E-state index contributed by atoms with van der Waals surface area (Å²) in [5.41, 5.74) is 1.21. The van der Waals surface area contributed by atoms with E-state index in [0.29, 0.717) is 5.02 Å². The number of halogens is 2. The van der Waals surface area contributed by atoms with Gasteiger partial charge in [-0.1, -0.05) is 24.6 Å². The standard InChI is InChI=1S/C16H23ClFNO/c1-2-7-19-12-16(5-8-20-9-6-16)11-13-3-4-14(18)10-15(13)17/h3-4,10,19H,2,5-9,11-12H2,1H3. The number of benzene rings is 1. The fourth-order valence-corrected chi connectivity index (χ4v) is 3.05. The Labute approximate surface area is 125 Å². The minimum absolute atomic E-state index is 0.175. The summed E-state index contributed by atoms with van der Waals surface area (Å²) in [6, 6.07) is 4.71. The average molecular weight is 300 g/mol. The number of hydrogen-bond acceptors (Lipinski definition) is 2. The molecule has 1 aliphatic rings. The number of hydrogen-bond donors (Lipinski definition) is 1. The fourth-order valence-electron chi connectivity index (χ4n) is 2.82. The molecule has 1 aromatic carbocycles. The molecule has 0 atom stereocenters. The lowest BCUT2D eigenvalue weighted by molar-refractivity contribution is 0.0150. The summed E-state index contributed by atoms with van der Waals surface area (Å²) in [6.07, 6.45) is 4.06. The smallest absolute Gasteiger partial charge is 0.124 e. The number of ether oxygens (including phenoxy) is 1. The summed E-state index contributed by atoms with van der Waals surface area (Å²) < 4.78 is 18.7. The van der Waals surface area contributed by atoms with Crippen LogP contribution in [0.5, 0.6) is 0 Å². The lowest BCUT2D eigenvalue weighted by Gasteiger charge is -2.38. The van der Waals surface area contributed by atoms with E-state index in [1.807, 2.05) is 6.07 Å². The minimum Gasteiger partial charge on any atom is -0.381 e. The first-order valence-corrected chi connectivity index (χ1v) is 7.75. The molecular weight excluding hydrogens is 277 g/mol. The van der Waals surface area contributed by atoms with Crippen molar-refractivity contribution >= 4 is 11.6 Å². The van der Waals surface area contributed by atoms with Gasteiger partial charge in [0.2, 0.25) is 0 Å². The highest BCUT2D eigenvalue weighted by molar-refractivity contribution is 6.31. The highest BCUT2D eigenvalue weighted by Gasteiger charge is 2.33. The van der Waals surface area contributed by atoms with Crippen LogP contribution in [0, 0.1) is 11.2 Å². The van der Waals surface area contributed by atoms with Crippen molar-refractivity contribution < 1.29 is 9.13 Å². The van der Waals surface area contributed by atoms with Crippen LogP contribution in [-0.4, -0.2) is 26.3 Å². The van der Waals surface area contributed by atoms with Gasteiger partial charge in [0.15, 0.2) is 0 Å². The van der Waals surface area contributed by atoms with Gasteiger partial charge in [-0.25, -0.2) is 4.39 Å². The molecule has 1 heterocycles. The van der Waals surface area contributed by atoms with Crippen molar-refractivity contribution in [3.63, 3.8) is 0 Å². The summed E-state index contributed by atoms with van der Waals surface area (Å²) in [6.45, 7) is 5.76. The van der Waals surface area contributed by atoms with Crippen molar-refractivity contribution in [1.29, 1.82) is 0 Å². The predicted molar refractivity (Wildman–Crippen MR) is 80.8 cm³/mol. The maximum absolute atomic E-state index is 13.2. The molecule has 0 aliphatic carbocycles. The Morgan fingerprint density at radius 2 is 2.10 bits per heavy atom. The summed E-state index contributed by atoms with van der Waals surface area (Å²) >= 11 is 6.18. The first-order valence-electron chi connectivity index (χ1n) is 7.38. The van der Waals surface area contributed by atoms with Crippen LogP contribution < -0.4 is 5.32 Å². The van der Waals surface area contributed by atoms with Crippen LogP contribution in [-0.2, 0) is 11.2 Å². The fraction of sp³-hybridized carbons (Fsp3) is 0.625. The molecule has 4 heteroatoms. The van der Waals surface area contributed by atoms with Gasteiger partial charge >= 0.3 is 0 Å². The van der Waals surface area contributed by atoms with E-state index in [4.69, 9.17) is 16.3 Å². The van der Waals surface area contributed by atoms with Gasteiger partial charge in [-0.2, -0.15) is 0 Å². The SMILES string of the molecule is CCCNCC1(Cc2ccc(F)cc2Cl)CCOCC1. The second-order valence-corrected chi connectivity index (χ2v) is 6.11. The molecule has 0 aromatic heterocycles. The Hall–Kier alpha value is -0.640. The summed E-state index contributed by atoms with van der Waals surface area (Å²) in [4.78, 5) is 0. The van der Waals surface area contributed by atoms with Crippen molar-refractivity contribution in [1.82, 2.24) is 5.32 Å². The van der Waals surface area contributed by atoms with Gasteiger partial charge in [0.1, 0.15) is 5.82 Å². The normalized spacial score (nSPS) is 18.1. The van der Waals surface area contributed by atoms with Gasteiger partial charge in [0.05, 0.1) is 0 Å². The number of nitrogens with one attached hydrogen (secondary N) is 1. The second-order valence-electron chi connectivity index (χ2n) is 5.70. The zero-order valence-corrected chi connectivity index (χ0v) is 12.8. The highest BCUT2D eigenvalue weighted by Crippen LogP contribution is 2.35. The molecule has 0 unspecified atom stereocenters. The Morgan fingerprint density at radius 1 is 1.35 bits per heavy atom. The maximum atomic E-state index is 13.2. The molecule has 112 valence electrons. The Kier molecular flexibility index (Phi) is 5.82. The highest BCUT2D eigenvalue weighted by atomic mass is 35.5. The molecule has 2 nitrogen and oxygen atoms in total. The van der Waals surface area contributed by atoms with Gasteiger partial charge in [0.25, 0.3) is 0 Å². The monoisotopic (exact) mass is 299 g/mol. The van der Waals surface area contributed by atoms with Crippen molar-refractivity contribution in [3.05, 3.63) is 34.6 Å². The average Bonchev–Trinajstić information content (AvgIpc) is 2.44. The molecule has 0 radical (unpaired) electrons. The molecule has 0 spiro atoms. The molecule has 2 rings (SSSR count). The van der Waals surface area contributed by atoms with Crippen molar-refractivity contribution in [2.45, 2.75) is 32.6 Å². The van der Waals surface area contributed by atoms with E-state index in [0.717, 1.165) is 57.6 Å². The van der Waals surface area contributed by atoms with E-state index in [2.05, 4.69) is 12.2 Å². The van der Waals surface area contributed by atoms with Crippen molar-refractivity contribution in [3.8, 4) is 0 Å². The first kappa shape index (κ1) is 15.7. The van der Waals surface area contributed by atoms with Gasteiger partial charge in [0, 0.05) is 24.8 Å². The lowest BCUT2D eigenvalue weighted by atomic mass is 9.75. The molecule has 1 fully saturated rings. The van der Waals surface area contributed by atoms with E-state index in [1.165, 1.54) is 12.1 Å². The van der Waals surface area contributed by atoms with Crippen LogP contribution in [0.3, 0.4) is 0 Å². The van der Waals surface area contributed by atoms with E-state index < -0.39 is 0 Å². The Bertz CT molecular complexity index is 432. The van der Waals surface area contributed by atoms with Crippen molar-refractivity contribution in [2.75, 3.05) is 26.3 Å².